The van der Waals surface area contributed by atoms with E-state index in [1.165, 1.54) is 12.0 Å². The normalized spacial score (nSPS) is 29.1. The van der Waals surface area contributed by atoms with Crippen LogP contribution in [-0.4, -0.2) is 50.4 Å². The van der Waals surface area contributed by atoms with Gasteiger partial charge in [0, 0.05) is 19.6 Å². The van der Waals surface area contributed by atoms with Crippen LogP contribution in [0.15, 0.2) is 35.3 Å². The monoisotopic (exact) mass is 391 g/mol. The van der Waals surface area contributed by atoms with Crippen LogP contribution in [0.25, 0.3) is 0 Å². The zero-order valence-corrected chi connectivity index (χ0v) is 17.6. The molecule has 6 heteroatoms. The van der Waals surface area contributed by atoms with Crippen LogP contribution >= 0.6 is 0 Å². The predicted molar refractivity (Wildman–Crippen MR) is 112 cm³/mol. The Morgan fingerprint density at radius 3 is 2.70 bits per heavy atom. The summed E-state index contributed by atoms with van der Waals surface area (Å²) in [7, 11) is -2.85. The van der Waals surface area contributed by atoms with Gasteiger partial charge < -0.3 is 10.2 Å². The van der Waals surface area contributed by atoms with Gasteiger partial charge in [0.1, 0.15) is 0 Å². The lowest BCUT2D eigenvalue weighted by Gasteiger charge is -2.28. The fourth-order valence-electron chi connectivity index (χ4n) is 3.98. The van der Waals surface area contributed by atoms with Crippen molar-refractivity contribution in [1.29, 1.82) is 0 Å². The SMILES string of the molecule is CCC1(C)CCN(C(=NCC2CCS(=O)(=O)C2)NC(C)c2ccccc2)C1. The first kappa shape index (κ1) is 20.2. The van der Waals surface area contributed by atoms with Crippen LogP contribution in [0.2, 0.25) is 0 Å². The maximum Gasteiger partial charge on any atom is 0.194 e. The van der Waals surface area contributed by atoms with Gasteiger partial charge in [-0.15, -0.1) is 0 Å². The molecule has 3 unspecified atom stereocenters. The summed E-state index contributed by atoms with van der Waals surface area (Å²) in [6.07, 6.45) is 3.06. The van der Waals surface area contributed by atoms with Crippen LogP contribution in [0.4, 0.5) is 0 Å². The second-order valence-electron chi connectivity index (χ2n) is 8.55. The van der Waals surface area contributed by atoms with Crippen molar-refractivity contribution in [3.63, 3.8) is 0 Å². The molecule has 3 rings (SSSR count). The van der Waals surface area contributed by atoms with Gasteiger partial charge in [-0.25, -0.2) is 8.42 Å². The fourth-order valence-corrected chi connectivity index (χ4v) is 5.83. The average Bonchev–Trinajstić information content (AvgIpc) is 3.22. The third-order valence-corrected chi connectivity index (χ3v) is 8.02. The molecule has 2 heterocycles. The summed E-state index contributed by atoms with van der Waals surface area (Å²) in [6.45, 7) is 9.33. The molecule has 1 aromatic carbocycles. The Kier molecular flexibility index (Phi) is 6.14. The Balaban J connectivity index is 1.73. The highest BCUT2D eigenvalue weighted by Gasteiger charge is 2.34. The second-order valence-corrected chi connectivity index (χ2v) is 10.8. The molecule has 150 valence electrons. The molecule has 0 saturated carbocycles. The topological polar surface area (TPSA) is 61.8 Å². The zero-order chi connectivity index (χ0) is 19.5. The van der Waals surface area contributed by atoms with Crippen LogP contribution in [-0.2, 0) is 9.84 Å². The molecule has 1 aromatic rings. The third kappa shape index (κ3) is 5.24. The minimum Gasteiger partial charge on any atom is -0.350 e. The lowest BCUT2D eigenvalue weighted by Crippen LogP contribution is -2.42. The summed E-state index contributed by atoms with van der Waals surface area (Å²) >= 11 is 0. The van der Waals surface area contributed by atoms with E-state index >= 15 is 0 Å². The highest BCUT2D eigenvalue weighted by molar-refractivity contribution is 7.91. The zero-order valence-electron chi connectivity index (χ0n) is 16.8. The van der Waals surface area contributed by atoms with Gasteiger partial charge in [0.05, 0.1) is 17.5 Å². The molecular weight excluding hydrogens is 358 g/mol. The molecule has 0 amide bonds. The standard InChI is InChI=1S/C21H33N3O2S/c1-4-21(3)11-12-24(16-21)20(22-14-18-10-13-27(25,26)15-18)23-17(2)19-8-6-5-7-9-19/h5-9,17-18H,4,10-16H2,1-3H3,(H,22,23). The van der Waals surface area contributed by atoms with Gasteiger partial charge in [-0.1, -0.05) is 44.2 Å². The molecule has 3 atom stereocenters. The first-order valence-electron chi connectivity index (χ1n) is 10.1. The summed E-state index contributed by atoms with van der Waals surface area (Å²) in [5, 5.41) is 3.61. The Morgan fingerprint density at radius 1 is 1.37 bits per heavy atom. The number of aliphatic imine (C=N–C) groups is 1. The minimum absolute atomic E-state index is 0.152. The molecule has 5 nitrogen and oxygen atoms in total. The van der Waals surface area contributed by atoms with E-state index in [0.29, 0.717) is 17.7 Å². The van der Waals surface area contributed by atoms with E-state index < -0.39 is 9.84 Å². The minimum atomic E-state index is -2.85. The molecule has 2 aliphatic heterocycles. The van der Waals surface area contributed by atoms with Crippen molar-refractivity contribution >= 4 is 15.8 Å². The maximum absolute atomic E-state index is 11.8. The highest BCUT2D eigenvalue weighted by Crippen LogP contribution is 2.33. The first-order valence-corrected chi connectivity index (χ1v) is 11.9. The number of guanidine groups is 1. The van der Waals surface area contributed by atoms with Crippen molar-refractivity contribution in [2.45, 2.75) is 46.1 Å². The van der Waals surface area contributed by atoms with E-state index in [-0.39, 0.29) is 17.7 Å². The van der Waals surface area contributed by atoms with Gasteiger partial charge in [-0.2, -0.15) is 0 Å². The smallest absolute Gasteiger partial charge is 0.194 e. The Hall–Kier alpha value is -1.56. The maximum atomic E-state index is 11.8. The molecule has 2 aliphatic rings. The van der Waals surface area contributed by atoms with Crippen molar-refractivity contribution < 1.29 is 8.42 Å². The molecule has 2 fully saturated rings. The Morgan fingerprint density at radius 2 is 2.11 bits per heavy atom. The quantitative estimate of drug-likeness (QED) is 0.618. The molecule has 0 aliphatic carbocycles. The van der Waals surface area contributed by atoms with Crippen molar-refractivity contribution in [2.24, 2.45) is 16.3 Å². The number of sulfone groups is 1. The number of hydrogen-bond donors (Lipinski definition) is 1. The summed E-state index contributed by atoms with van der Waals surface area (Å²) in [5.41, 5.74) is 1.56. The number of likely N-dealkylation sites (tertiary alicyclic amines) is 1. The van der Waals surface area contributed by atoms with Gasteiger partial charge in [0.15, 0.2) is 15.8 Å². The van der Waals surface area contributed by atoms with Crippen LogP contribution in [0, 0.1) is 11.3 Å². The van der Waals surface area contributed by atoms with E-state index in [2.05, 4.69) is 55.3 Å². The van der Waals surface area contributed by atoms with Crippen LogP contribution in [0.5, 0.6) is 0 Å². The number of nitrogens with zero attached hydrogens (tertiary/aromatic N) is 2. The predicted octanol–water partition coefficient (Wildman–Crippen LogP) is 3.25. The largest absolute Gasteiger partial charge is 0.350 e. The molecular formula is C21H33N3O2S. The van der Waals surface area contributed by atoms with Crippen molar-refractivity contribution in [2.75, 3.05) is 31.1 Å². The number of nitrogens with one attached hydrogen (secondary N) is 1. The summed E-state index contributed by atoms with van der Waals surface area (Å²) in [5.74, 6) is 1.67. The molecule has 2 saturated heterocycles. The van der Waals surface area contributed by atoms with Crippen molar-refractivity contribution in [3.05, 3.63) is 35.9 Å². The highest BCUT2D eigenvalue weighted by atomic mass is 32.2. The Labute approximate surface area is 164 Å². The van der Waals surface area contributed by atoms with Crippen LogP contribution in [0.3, 0.4) is 0 Å². The van der Waals surface area contributed by atoms with Gasteiger partial charge in [-0.3, -0.25) is 4.99 Å². The summed E-state index contributed by atoms with van der Waals surface area (Å²) in [4.78, 5) is 7.24. The lowest BCUT2D eigenvalue weighted by atomic mass is 9.87. The van der Waals surface area contributed by atoms with Gasteiger partial charge in [0.25, 0.3) is 0 Å². The Bertz CT molecular complexity index is 763. The second kappa shape index (κ2) is 8.21. The van der Waals surface area contributed by atoms with E-state index in [0.717, 1.165) is 31.9 Å². The molecule has 0 radical (unpaired) electrons. The van der Waals surface area contributed by atoms with E-state index in [1.807, 2.05) is 6.07 Å². The van der Waals surface area contributed by atoms with E-state index in [9.17, 15) is 8.42 Å². The molecule has 0 aromatic heterocycles. The van der Waals surface area contributed by atoms with Crippen molar-refractivity contribution in [1.82, 2.24) is 10.2 Å². The molecule has 0 bridgehead atoms. The van der Waals surface area contributed by atoms with Crippen LogP contribution < -0.4 is 5.32 Å². The van der Waals surface area contributed by atoms with Crippen LogP contribution in [0.1, 0.15) is 51.6 Å². The summed E-state index contributed by atoms with van der Waals surface area (Å²) in [6, 6.07) is 10.5. The number of benzene rings is 1. The van der Waals surface area contributed by atoms with Crippen molar-refractivity contribution in [3.8, 4) is 0 Å². The van der Waals surface area contributed by atoms with E-state index in [4.69, 9.17) is 4.99 Å². The first-order chi connectivity index (χ1) is 12.8. The number of rotatable bonds is 5. The van der Waals surface area contributed by atoms with Gasteiger partial charge in [-0.05, 0) is 43.1 Å². The summed E-state index contributed by atoms with van der Waals surface area (Å²) < 4.78 is 23.5. The average molecular weight is 392 g/mol. The molecule has 27 heavy (non-hydrogen) atoms. The number of hydrogen-bond acceptors (Lipinski definition) is 3. The third-order valence-electron chi connectivity index (χ3n) is 6.18. The van der Waals surface area contributed by atoms with Gasteiger partial charge in [0.2, 0.25) is 0 Å². The fraction of sp³-hybridized carbons (Fsp3) is 0.667. The molecule has 1 N–H and O–H groups in total. The lowest BCUT2D eigenvalue weighted by molar-refractivity contribution is 0.320. The molecule has 0 spiro atoms. The van der Waals surface area contributed by atoms with Gasteiger partial charge >= 0.3 is 0 Å². The van der Waals surface area contributed by atoms with E-state index in [1.54, 1.807) is 0 Å².